The first-order valence-corrected chi connectivity index (χ1v) is 6.40. The van der Waals surface area contributed by atoms with Crippen molar-refractivity contribution in [3.05, 3.63) is 30.1 Å². The Morgan fingerprint density at radius 2 is 2.19 bits per heavy atom. The van der Waals surface area contributed by atoms with Crippen LogP contribution >= 0.6 is 0 Å². The predicted octanol–water partition coefficient (Wildman–Crippen LogP) is 0.263. The minimum atomic E-state index is -0.596. The van der Waals surface area contributed by atoms with Gasteiger partial charge in [-0.15, -0.1) is 5.10 Å². The normalized spacial score (nSPS) is 10.2. The molecule has 8 heteroatoms. The molecule has 8 nitrogen and oxygen atoms in total. The van der Waals surface area contributed by atoms with E-state index in [0.717, 1.165) is 0 Å². The minimum absolute atomic E-state index is 0.0412. The van der Waals surface area contributed by atoms with E-state index in [0.29, 0.717) is 11.4 Å². The Morgan fingerprint density at radius 1 is 1.38 bits per heavy atom. The van der Waals surface area contributed by atoms with Gasteiger partial charge in [-0.1, -0.05) is 11.3 Å². The van der Waals surface area contributed by atoms with Crippen LogP contribution in [0, 0.1) is 0 Å². The lowest BCUT2D eigenvalue weighted by atomic mass is 10.2. The Kier molecular flexibility index (Phi) is 4.60. The van der Waals surface area contributed by atoms with Gasteiger partial charge in [0.15, 0.2) is 5.69 Å². The molecule has 110 valence electrons. The molecule has 0 bridgehead atoms. The second-order valence-corrected chi connectivity index (χ2v) is 4.05. The Bertz CT molecular complexity index is 639. The van der Waals surface area contributed by atoms with E-state index in [1.165, 1.54) is 11.7 Å². The zero-order valence-corrected chi connectivity index (χ0v) is 11.7. The first kappa shape index (κ1) is 14.6. The summed E-state index contributed by atoms with van der Waals surface area (Å²) in [5, 5.41) is 10.2. The number of carbonyl (C=O) groups excluding carboxylic acids is 2. The van der Waals surface area contributed by atoms with Crippen molar-refractivity contribution >= 4 is 11.9 Å². The summed E-state index contributed by atoms with van der Waals surface area (Å²) in [7, 11) is 1.52. The molecule has 0 aliphatic rings. The number of aromatic nitrogens is 4. The lowest BCUT2D eigenvalue weighted by Crippen LogP contribution is -2.24. The van der Waals surface area contributed by atoms with Crippen LogP contribution < -0.4 is 5.32 Å². The highest BCUT2D eigenvalue weighted by atomic mass is 16.5. The molecule has 1 amide bonds. The molecule has 0 saturated heterocycles. The van der Waals surface area contributed by atoms with Crippen molar-refractivity contribution in [3.63, 3.8) is 0 Å². The number of likely N-dealkylation sites (N-methyl/N-ethyl adjacent to an activating group) is 1. The van der Waals surface area contributed by atoms with Crippen LogP contribution in [-0.4, -0.2) is 45.5 Å². The van der Waals surface area contributed by atoms with Gasteiger partial charge in [0.1, 0.15) is 12.2 Å². The summed E-state index contributed by atoms with van der Waals surface area (Å²) in [4.78, 5) is 27.7. The maximum Gasteiger partial charge on any atom is 0.361 e. The van der Waals surface area contributed by atoms with Gasteiger partial charge in [0.05, 0.1) is 12.3 Å². The molecule has 0 aliphatic carbocycles. The van der Waals surface area contributed by atoms with Crippen LogP contribution in [0.4, 0.5) is 0 Å². The number of hydrogen-bond donors (Lipinski definition) is 1. The highest BCUT2D eigenvalue weighted by molar-refractivity contribution is 5.93. The van der Waals surface area contributed by atoms with Gasteiger partial charge in [-0.25, -0.2) is 9.48 Å². The second kappa shape index (κ2) is 6.60. The summed E-state index contributed by atoms with van der Waals surface area (Å²) in [6, 6.07) is 5.23. The zero-order chi connectivity index (χ0) is 15.2. The summed E-state index contributed by atoms with van der Waals surface area (Å²) in [6.45, 7) is 1.87. The van der Waals surface area contributed by atoms with Crippen LogP contribution in [0.25, 0.3) is 11.4 Å². The van der Waals surface area contributed by atoms with Crippen molar-refractivity contribution in [1.82, 2.24) is 25.3 Å². The number of esters is 1. The van der Waals surface area contributed by atoms with E-state index in [-0.39, 0.29) is 24.8 Å². The molecule has 0 atom stereocenters. The Labute approximate surface area is 121 Å². The monoisotopic (exact) mass is 289 g/mol. The standard InChI is InChI=1S/C13H15N5O3/c1-3-21-13(20)11-12(9-6-4-5-7-15-9)18(17-16-11)8-10(19)14-2/h4-7H,3,8H2,1-2H3,(H,14,19). The van der Waals surface area contributed by atoms with E-state index in [4.69, 9.17) is 4.74 Å². The maximum absolute atomic E-state index is 11.9. The third kappa shape index (κ3) is 3.22. The van der Waals surface area contributed by atoms with Crippen molar-refractivity contribution in [2.75, 3.05) is 13.7 Å². The fraction of sp³-hybridized carbons (Fsp3) is 0.308. The molecule has 0 aliphatic heterocycles. The molecule has 0 fully saturated rings. The average Bonchev–Trinajstić information content (AvgIpc) is 2.92. The molecule has 2 aromatic heterocycles. The summed E-state index contributed by atoms with van der Waals surface area (Å²) in [5.74, 6) is -0.853. The molecule has 0 saturated carbocycles. The highest BCUT2D eigenvalue weighted by Gasteiger charge is 2.23. The molecular weight excluding hydrogens is 274 g/mol. The molecule has 21 heavy (non-hydrogen) atoms. The molecule has 0 radical (unpaired) electrons. The predicted molar refractivity (Wildman–Crippen MR) is 73.3 cm³/mol. The van der Waals surface area contributed by atoms with Crippen LogP contribution in [-0.2, 0) is 16.1 Å². The van der Waals surface area contributed by atoms with Crippen molar-refractivity contribution in [3.8, 4) is 11.4 Å². The summed E-state index contributed by atoms with van der Waals surface area (Å²) >= 11 is 0. The van der Waals surface area contributed by atoms with Crippen LogP contribution in [0.2, 0.25) is 0 Å². The van der Waals surface area contributed by atoms with Gasteiger partial charge < -0.3 is 10.1 Å². The van der Waals surface area contributed by atoms with E-state index >= 15 is 0 Å². The molecule has 2 rings (SSSR count). The second-order valence-electron chi connectivity index (χ2n) is 4.05. The Balaban J connectivity index is 2.48. The number of pyridine rings is 1. The molecule has 1 N–H and O–H groups in total. The van der Waals surface area contributed by atoms with E-state index < -0.39 is 5.97 Å². The maximum atomic E-state index is 11.9. The van der Waals surface area contributed by atoms with Crippen LogP contribution in [0.15, 0.2) is 24.4 Å². The summed E-state index contributed by atoms with van der Waals surface area (Å²) in [5.41, 5.74) is 0.895. The molecule has 0 spiro atoms. The van der Waals surface area contributed by atoms with Crippen molar-refractivity contribution in [2.24, 2.45) is 0 Å². The smallest absolute Gasteiger partial charge is 0.361 e. The number of nitrogens with zero attached hydrogens (tertiary/aromatic N) is 4. The topological polar surface area (TPSA) is 99.0 Å². The van der Waals surface area contributed by atoms with Gasteiger partial charge in [-0.2, -0.15) is 0 Å². The molecule has 2 aromatic rings. The van der Waals surface area contributed by atoms with Gasteiger partial charge in [0, 0.05) is 13.2 Å². The lowest BCUT2D eigenvalue weighted by molar-refractivity contribution is -0.121. The first-order chi connectivity index (χ1) is 10.2. The van der Waals surface area contributed by atoms with Gasteiger partial charge in [0.2, 0.25) is 5.91 Å². The first-order valence-electron chi connectivity index (χ1n) is 6.40. The number of amides is 1. The van der Waals surface area contributed by atoms with Crippen molar-refractivity contribution in [1.29, 1.82) is 0 Å². The van der Waals surface area contributed by atoms with Gasteiger partial charge >= 0.3 is 5.97 Å². The summed E-state index contributed by atoms with van der Waals surface area (Å²) < 4.78 is 6.28. The average molecular weight is 289 g/mol. The van der Waals surface area contributed by atoms with E-state index in [1.807, 2.05) is 0 Å². The minimum Gasteiger partial charge on any atom is -0.461 e. The van der Waals surface area contributed by atoms with E-state index in [9.17, 15) is 9.59 Å². The van der Waals surface area contributed by atoms with Gasteiger partial charge in [-0.05, 0) is 19.1 Å². The Morgan fingerprint density at radius 3 is 2.81 bits per heavy atom. The van der Waals surface area contributed by atoms with Crippen LogP contribution in [0.1, 0.15) is 17.4 Å². The van der Waals surface area contributed by atoms with Crippen molar-refractivity contribution < 1.29 is 14.3 Å². The third-order valence-corrected chi connectivity index (χ3v) is 2.68. The highest BCUT2D eigenvalue weighted by Crippen LogP contribution is 2.20. The van der Waals surface area contributed by atoms with Gasteiger partial charge in [0.25, 0.3) is 0 Å². The molecule has 2 heterocycles. The van der Waals surface area contributed by atoms with Crippen molar-refractivity contribution in [2.45, 2.75) is 13.5 Å². The fourth-order valence-electron chi connectivity index (χ4n) is 1.73. The number of ether oxygens (including phenoxy) is 1. The third-order valence-electron chi connectivity index (χ3n) is 2.68. The summed E-state index contributed by atoms with van der Waals surface area (Å²) in [6.07, 6.45) is 1.58. The number of hydrogen-bond acceptors (Lipinski definition) is 6. The van der Waals surface area contributed by atoms with E-state index in [2.05, 4.69) is 20.6 Å². The molecular formula is C13H15N5O3. The Hall–Kier alpha value is -2.77. The number of rotatable bonds is 5. The fourth-order valence-corrected chi connectivity index (χ4v) is 1.73. The zero-order valence-electron chi connectivity index (χ0n) is 11.7. The van der Waals surface area contributed by atoms with Crippen LogP contribution in [0.5, 0.6) is 0 Å². The number of nitrogens with one attached hydrogen (secondary N) is 1. The number of carbonyl (C=O) groups is 2. The quantitative estimate of drug-likeness (QED) is 0.793. The SMILES string of the molecule is CCOC(=O)c1nnn(CC(=O)NC)c1-c1ccccn1. The van der Waals surface area contributed by atoms with E-state index in [1.54, 1.807) is 31.3 Å². The molecule has 0 unspecified atom stereocenters. The molecule has 0 aromatic carbocycles. The van der Waals surface area contributed by atoms with Crippen LogP contribution in [0.3, 0.4) is 0 Å². The lowest BCUT2D eigenvalue weighted by Gasteiger charge is -2.06. The largest absolute Gasteiger partial charge is 0.461 e. The van der Waals surface area contributed by atoms with Gasteiger partial charge in [-0.3, -0.25) is 9.78 Å².